The van der Waals surface area contributed by atoms with Crippen molar-refractivity contribution in [1.29, 1.82) is 0 Å². The third-order valence-electron chi connectivity index (χ3n) is 12.7. The fourth-order valence-corrected chi connectivity index (χ4v) is 11.8. The van der Waals surface area contributed by atoms with Crippen LogP contribution in [-0.2, 0) is 4.79 Å². The second-order valence-electron chi connectivity index (χ2n) is 15.4. The van der Waals surface area contributed by atoms with Crippen molar-refractivity contribution in [2.45, 2.75) is 149 Å². The largest absolute Gasteiger partial charge is 0.287 e. The quantitative estimate of drug-likeness (QED) is 0.293. The van der Waals surface area contributed by atoms with Gasteiger partial charge < -0.3 is 0 Å². The van der Waals surface area contributed by atoms with Crippen LogP contribution >= 0.6 is 11.8 Å². The van der Waals surface area contributed by atoms with Gasteiger partial charge in [-0.3, -0.25) is 4.79 Å². The second kappa shape index (κ2) is 11.7. The van der Waals surface area contributed by atoms with Gasteiger partial charge in [0.2, 0.25) is 0 Å². The van der Waals surface area contributed by atoms with Crippen molar-refractivity contribution in [3.63, 3.8) is 0 Å². The van der Waals surface area contributed by atoms with Gasteiger partial charge in [-0.05, 0) is 116 Å². The summed E-state index contributed by atoms with van der Waals surface area (Å²) < 4.78 is 0. The van der Waals surface area contributed by atoms with Crippen LogP contribution in [0.4, 0.5) is 0 Å². The van der Waals surface area contributed by atoms with Crippen LogP contribution in [0.3, 0.4) is 0 Å². The Morgan fingerprint density at radius 2 is 1.73 bits per heavy atom. The summed E-state index contributed by atoms with van der Waals surface area (Å²) in [5.74, 6) is 6.13. The highest BCUT2D eigenvalue weighted by molar-refractivity contribution is 8.14. The summed E-state index contributed by atoms with van der Waals surface area (Å²) in [6.07, 6.45) is 25.5. The minimum atomic E-state index is 0.411. The Morgan fingerprint density at radius 3 is 2.49 bits per heavy atom. The van der Waals surface area contributed by atoms with Crippen LogP contribution < -0.4 is 0 Å². The summed E-state index contributed by atoms with van der Waals surface area (Å²) in [5, 5.41) is 1.05. The van der Waals surface area contributed by atoms with Gasteiger partial charge >= 0.3 is 0 Å². The summed E-state index contributed by atoms with van der Waals surface area (Å²) >= 11 is 1.74. The molecule has 4 fully saturated rings. The maximum Gasteiger partial charge on any atom is 0.189 e. The molecule has 2 heteroatoms. The molecule has 210 valence electrons. The van der Waals surface area contributed by atoms with E-state index in [1.165, 1.54) is 103 Å². The molecule has 0 aromatic rings. The number of hydrogen-bond acceptors (Lipinski definition) is 2. The van der Waals surface area contributed by atoms with Crippen molar-refractivity contribution in [3.8, 4) is 0 Å². The van der Waals surface area contributed by atoms with E-state index < -0.39 is 0 Å². The predicted octanol–water partition coefficient (Wildman–Crippen LogP) is 10.6. The zero-order valence-corrected chi connectivity index (χ0v) is 25.8. The SMILES string of the molecule is CC(C)CCC[C@@H](C)[C@@H]1CC[C@@H]2[C@H]3CC=C4C[C@@H](SC(=O)CC5CCCCC5)CC[C@]4(C)[C@@H]3CC[C@]21C. The summed E-state index contributed by atoms with van der Waals surface area (Å²) in [7, 11) is 0. The van der Waals surface area contributed by atoms with Crippen LogP contribution in [0, 0.1) is 52.3 Å². The molecule has 0 saturated heterocycles. The third kappa shape index (κ3) is 5.81. The molecule has 0 spiro atoms. The number of allylic oxidation sites excluding steroid dienone is 2. The molecule has 0 N–H and O–H groups in total. The average molecular weight is 527 g/mol. The highest BCUT2D eigenvalue weighted by Crippen LogP contribution is 2.67. The van der Waals surface area contributed by atoms with E-state index in [4.69, 9.17) is 0 Å². The summed E-state index contributed by atoms with van der Waals surface area (Å²) in [6, 6.07) is 0. The molecular weight excluding hydrogens is 468 g/mol. The maximum absolute atomic E-state index is 12.9. The summed E-state index contributed by atoms with van der Waals surface area (Å²) in [4.78, 5) is 12.9. The molecule has 0 aromatic heterocycles. The Morgan fingerprint density at radius 1 is 0.946 bits per heavy atom. The van der Waals surface area contributed by atoms with E-state index in [2.05, 4.69) is 40.7 Å². The zero-order valence-electron chi connectivity index (χ0n) is 25.0. The zero-order chi connectivity index (χ0) is 26.2. The third-order valence-corrected chi connectivity index (χ3v) is 13.9. The molecule has 4 saturated carbocycles. The lowest BCUT2D eigenvalue weighted by Gasteiger charge is -2.58. The topological polar surface area (TPSA) is 17.1 Å². The van der Waals surface area contributed by atoms with Crippen molar-refractivity contribution >= 4 is 16.9 Å². The lowest BCUT2D eigenvalue weighted by Crippen LogP contribution is -2.50. The van der Waals surface area contributed by atoms with E-state index in [0.717, 1.165) is 41.9 Å². The highest BCUT2D eigenvalue weighted by Gasteiger charge is 2.59. The number of hydrogen-bond donors (Lipinski definition) is 0. The van der Waals surface area contributed by atoms with E-state index in [9.17, 15) is 4.79 Å². The maximum atomic E-state index is 12.9. The Balaban J connectivity index is 1.20. The minimum Gasteiger partial charge on any atom is -0.287 e. The number of thioether (sulfide) groups is 1. The standard InChI is InChI=1S/C35H58OS/c1-24(2)10-9-11-25(3)30-16-17-31-29-15-14-27-23-28(37-33(36)22-26-12-7-6-8-13-26)18-20-34(27,4)32(29)19-21-35(30,31)5/h14,24-26,28-32H,6-13,15-23H2,1-5H3/t25-,28+,29-,30+,31-,32-,34+,35+/m1/s1. The van der Waals surface area contributed by atoms with E-state index in [1.54, 1.807) is 17.3 Å². The Bertz CT molecular complexity index is 823. The van der Waals surface area contributed by atoms with Gasteiger partial charge in [-0.2, -0.15) is 0 Å². The molecule has 37 heavy (non-hydrogen) atoms. The molecule has 0 aliphatic heterocycles. The molecule has 5 aliphatic carbocycles. The molecule has 5 aliphatic rings. The molecule has 1 nitrogen and oxygen atoms in total. The lowest BCUT2D eigenvalue weighted by atomic mass is 9.47. The fourth-order valence-electron chi connectivity index (χ4n) is 10.6. The molecule has 0 aromatic carbocycles. The first-order chi connectivity index (χ1) is 17.7. The minimum absolute atomic E-state index is 0.411. The molecule has 0 unspecified atom stereocenters. The van der Waals surface area contributed by atoms with Crippen molar-refractivity contribution < 1.29 is 4.79 Å². The van der Waals surface area contributed by atoms with Crippen LogP contribution in [0.15, 0.2) is 11.6 Å². The van der Waals surface area contributed by atoms with Crippen molar-refractivity contribution in [1.82, 2.24) is 0 Å². The van der Waals surface area contributed by atoms with Gasteiger partial charge in [-0.1, -0.05) is 96.6 Å². The molecular formula is C35H58OS. The molecule has 8 atom stereocenters. The van der Waals surface area contributed by atoms with Gasteiger partial charge in [0.1, 0.15) is 0 Å². The molecule has 5 rings (SSSR count). The Hall–Kier alpha value is -0.240. The van der Waals surface area contributed by atoms with E-state index in [1.807, 2.05) is 0 Å². The monoisotopic (exact) mass is 526 g/mol. The van der Waals surface area contributed by atoms with Gasteiger partial charge in [0.25, 0.3) is 0 Å². The number of carbonyl (C=O) groups is 1. The number of carbonyl (C=O) groups excluding carboxylic acids is 1. The van der Waals surface area contributed by atoms with E-state index >= 15 is 0 Å². The highest BCUT2D eigenvalue weighted by atomic mass is 32.2. The first-order valence-corrected chi connectivity index (χ1v) is 17.5. The first-order valence-electron chi connectivity index (χ1n) is 16.6. The smallest absolute Gasteiger partial charge is 0.189 e. The van der Waals surface area contributed by atoms with Crippen LogP contribution in [-0.4, -0.2) is 10.4 Å². The van der Waals surface area contributed by atoms with Crippen LogP contribution in [0.25, 0.3) is 0 Å². The van der Waals surface area contributed by atoms with E-state index in [-0.39, 0.29) is 0 Å². The molecule has 0 heterocycles. The molecule has 0 bridgehead atoms. The number of fused-ring (bicyclic) bond motifs is 5. The molecule has 0 amide bonds. The fraction of sp³-hybridized carbons (Fsp3) is 0.914. The first kappa shape index (κ1) is 28.3. The molecule has 0 radical (unpaired) electrons. The van der Waals surface area contributed by atoms with Gasteiger partial charge in [-0.25, -0.2) is 0 Å². The summed E-state index contributed by atoms with van der Waals surface area (Å²) in [6.45, 7) is 12.7. The predicted molar refractivity (Wildman–Crippen MR) is 161 cm³/mol. The van der Waals surface area contributed by atoms with Crippen molar-refractivity contribution in [3.05, 3.63) is 11.6 Å². The lowest BCUT2D eigenvalue weighted by molar-refractivity contribution is -0.112. The van der Waals surface area contributed by atoms with Gasteiger partial charge in [0, 0.05) is 11.7 Å². The second-order valence-corrected chi connectivity index (χ2v) is 16.7. The van der Waals surface area contributed by atoms with Gasteiger partial charge in [0.15, 0.2) is 5.12 Å². The van der Waals surface area contributed by atoms with E-state index in [0.29, 0.717) is 27.1 Å². The average Bonchev–Trinajstić information content (AvgIpc) is 3.22. The van der Waals surface area contributed by atoms with Gasteiger partial charge in [-0.15, -0.1) is 0 Å². The Labute approximate surface area is 234 Å². The Kier molecular flexibility index (Phi) is 8.95. The van der Waals surface area contributed by atoms with Crippen molar-refractivity contribution in [2.75, 3.05) is 0 Å². The van der Waals surface area contributed by atoms with Crippen LogP contribution in [0.1, 0.15) is 144 Å². The number of rotatable bonds is 8. The van der Waals surface area contributed by atoms with Gasteiger partial charge in [0.05, 0.1) is 0 Å². The normalized spacial score (nSPS) is 41.0. The summed E-state index contributed by atoms with van der Waals surface area (Å²) in [5.41, 5.74) is 2.75. The van der Waals surface area contributed by atoms with Crippen LogP contribution in [0.2, 0.25) is 0 Å². The van der Waals surface area contributed by atoms with Crippen molar-refractivity contribution in [2.24, 2.45) is 52.3 Å². The van der Waals surface area contributed by atoms with Crippen LogP contribution in [0.5, 0.6) is 0 Å².